The Labute approximate surface area is 114 Å². The molecule has 0 radical (unpaired) electrons. The van der Waals surface area contributed by atoms with Crippen LogP contribution in [0, 0.1) is 0 Å². The van der Waals surface area contributed by atoms with Gasteiger partial charge in [-0.05, 0) is 33.0 Å². The summed E-state index contributed by atoms with van der Waals surface area (Å²) in [7, 11) is 1.67. The summed E-state index contributed by atoms with van der Waals surface area (Å²) < 4.78 is 10.8. The lowest BCUT2D eigenvalue weighted by Gasteiger charge is -2.43. The third-order valence-electron chi connectivity index (χ3n) is 2.76. The van der Waals surface area contributed by atoms with Crippen molar-refractivity contribution in [1.82, 2.24) is 10.2 Å². The van der Waals surface area contributed by atoms with Crippen LogP contribution >= 0.6 is 12.2 Å². The van der Waals surface area contributed by atoms with Crippen LogP contribution in [0.1, 0.15) is 20.8 Å². The second-order valence-electron chi connectivity index (χ2n) is 5.37. The minimum absolute atomic E-state index is 0.0101. The average Bonchev–Trinajstić information content (AvgIpc) is 2.26. The van der Waals surface area contributed by atoms with Crippen molar-refractivity contribution < 1.29 is 14.6 Å². The molecule has 1 aliphatic heterocycles. The van der Waals surface area contributed by atoms with Crippen LogP contribution in [0.4, 0.5) is 0 Å². The molecule has 0 saturated carbocycles. The van der Waals surface area contributed by atoms with E-state index in [0.717, 1.165) is 6.54 Å². The number of morpholine rings is 1. The molecule has 0 amide bonds. The van der Waals surface area contributed by atoms with Crippen molar-refractivity contribution >= 4 is 17.3 Å². The first kappa shape index (κ1) is 15.6. The van der Waals surface area contributed by atoms with Gasteiger partial charge in [-0.25, -0.2) is 0 Å². The van der Waals surface area contributed by atoms with Crippen LogP contribution in [0.15, 0.2) is 0 Å². The summed E-state index contributed by atoms with van der Waals surface area (Å²) in [6, 6.07) is 0.168. The molecule has 18 heavy (non-hydrogen) atoms. The third kappa shape index (κ3) is 4.68. The van der Waals surface area contributed by atoms with Crippen molar-refractivity contribution in [2.75, 3.05) is 33.4 Å². The number of nitrogens with zero attached hydrogens (tertiary/aromatic N) is 1. The highest BCUT2D eigenvalue weighted by atomic mass is 32.1. The minimum atomic E-state index is -0.304. The summed E-state index contributed by atoms with van der Waals surface area (Å²) in [5.41, 5.74) is -0.304. The van der Waals surface area contributed by atoms with Crippen LogP contribution in [0.5, 0.6) is 0 Å². The zero-order valence-corrected chi connectivity index (χ0v) is 12.4. The van der Waals surface area contributed by atoms with Gasteiger partial charge < -0.3 is 24.8 Å². The predicted molar refractivity (Wildman–Crippen MR) is 74.7 cm³/mol. The van der Waals surface area contributed by atoms with Crippen LogP contribution in [0.25, 0.3) is 0 Å². The summed E-state index contributed by atoms with van der Waals surface area (Å²) in [6.07, 6.45) is -0.189. The number of hydrogen-bond donors (Lipinski definition) is 2. The molecule has 1 aliphatic rings. The van der Waals surface area contributed by atoms with Crippen LogP contribution in [-0.2, 0) is 9.47 Å². The standard InChI is InChI=1S/C12H24N2O3S/c1-9(7-16-4)13-11(18)14-5-10(6-15)17-12(2,3)8-14/h9-10,15H,5-8H2,1-4H3,(H,13,18). The topological polar surface area (TPSA) is 54.0 Å². The first-order valence-corrected chi connectivity index (χ1v) is 6.62. The molecule has 0 aromatic heterocycles. The van der Waals surface area contributed by atoms with E-state index in [-0.39, 0.29) is 24.4 Å². The first-order chi connectivity index (χ1) is 8.38. The quantitative estimate of drug-likeness (QED) is 0.724. The monoisotopic (exact) mass is 276 g/mol. The highest BCUT2D eigenvalue weighted by Gasteiger charge is 2.34. The van der Waals surface area contributed by atoms with Crippen molar-refractivity contribution in [3.05, 3.63) is 0 Å². The molecule has 2 N–H and O–H groups in total. The van der Waals surface area contributed by atoms with Gasteiger partial charge in [0, 0.05) is 26.2 Å². The molecule has 0 aromatic carbocycles. The normalized spacial score (nSPS) is 24.7. The van der Waals surface area contributed by atoms with Crippen molar-refractivity contribution in [2.45, 2.75) is 38.5 Å². The van der Waals surface area contributed by atoms with Gasteiger partial charge in [-0.1, -0.05) is 0 Å². The number of nitrogens with one attached hydrogen (secondary N) is 1. The zero-order valence-electron chi connectivity index (χ0n) is 11.6. The number of aliphatic hydroxyl groups is 1. The van der Waals surface area contributed by atoms with E-state index in [4.69, 9.17) is 21.7 Å². The number of methoxy groups -OCH3 is 1. The van der Waals surface area contributed by atoms with E-state index in [1.54, 1.807) is 7.11 Å². The van der Waals surface area contributed by atoms with Gasteiger partial charge in [0.1, 0.15) is 0 Å². The van der Waals surface area contributed by atoms with Crippen molar-refractivity contribution in [3.8, 4) is 0 Å². The Kier molecular flexibility index (Phi) is 5.78. The minimum Gasteiger partial charge on any atom is -0.394 e. The second kappa shape index (κ2) is 6.65. The van der Waals surface area contributed by atoms with E-state index in [1.807, 2.05) is 25.7 Å². The smallest absolute Gasteiger partial charge is 0.169 e. The van der Waals surface area contributed by atoms with Crippen LogP contribution in [-0.4, -0.2) is 66.3 Å². The second-order valence-corrected chi connectivity index (χ2v) is 5.76. The lowest BCUT2D eigenvalue weighted by Crippen LogP contribution is -2.58. The molecule has 1 rings (SSSR count). The van der Waals surface area contributed by atoms with Gasteiger partial charge in [0.15, 0.2) is 5.11 Å². The molecule has 0 aliphatic carbocycles. The molecule has 0 aromatic rings. The zero-order chi connectivity index (χ0) is 13.8. The maximum absolute atomic E-state index is 9.25. The summed E-state index contributed by atoms with van der Waals surface area (Å²) in [4.78, 5) is 2.05. The molecule has 0 spiro atoms. The van der Waals surface area contributed by atoms with Gasteiger partial charge in [-0.2, -0.15) is 0 Å². The molecular formula is C12H24N2O3S. The molecule has 106 valence electrons. The van der Waals surface area contributed by atoms with Gasteiger partial charge in [0.2, 0.25) is 0 Å². The van der Waals surface area contributed by atoms with Gasteiger partial charge >= 0.3 is 0 Å². The number of aliphatic hydroxyl groups excluding tert-OH is 1. The Morgan fingerprint density at radius 3 is 2.89 bits per heavy atom. The predicted octanol–water partition coefficient (Wildman–Crippen LogP) is 0.368. The fourth-order valence-electron chi connectivity index (χ4n) is 2.14. The maximum atomic E-state index is 9.25. The van der Waals surface area contributed by atoms with Crippen LogP contribution in [0.3, 0.4) is 0 Å². The maximum Gasteiger partial charge on any atom is 0.169 e. The largest absolute Gasteiger partial charge is 0.394 e. The number of rotatable bonds is 4. The molecule has 1 fully saturated rings. The Balaban J connectivity index is 2.56. The molecule has 0 bridgehead atoms. The molecule has 5 nitrogen and oxygen atoms in total. The van der Waals surface area contributed by atoms with Gasteiger partial charge in [-0.15, -0.1) is 0 Å². The Morgan fingerprint density at radius 2 is 2.33 bits per heavy atom. The van der Waals surface area contributed by atoms with Gasteiger partial charge in [-0.3, -0.25) is 0 Å². The lowest BCUT2D eigenvalue weighted by molar-refractivity contribution is -0.134. The molecular weight excluding hydrogens is 252 g/mol. The summed E-state index contributed by atoms with van der Waals surface area (Å²) in [5, 5.41) is 13.2. The highest BCUT2D eigenvalue weighted by molar-refractivity contribution is 7.80. The number of hydrogen-bond acceptors (Lipinski definition) is 4. The van der Waals surface area contributed by atoms with Crippen molar-refractivity contribution in [2.24, 2.45) is 0 Å². The average molecular weight is 276 g/mol. The van der Waals surface area contributed by atoms with E-state index in [1.165, 1.54) is 0 Å². The summed E-state index contributed by atoms with van der Waals surface area (Å²) in [6.45, 7) is 7.98. The molecule has 2 atom stereocenters. The third-order valence-corrected chi connectivity index (χ3v) is 3.13. The van der Waals surface area contributed by atoms with Gasteiger partial charge in [0.25, 0.3) is 0 Å². The number of ether oxygens (including phenoxy) is 2. The Morgan fingerprint density at radius 1 is 1.67 bits per heavy atom. The first-order valence-electron chi connectivity index (χ1n) is 6.21. The Hall–Kier alpha value is -0.430. The fraction of sp³-hybridized carbons (Fsp3) is 0.917. The van der Waals surface area contributed by atoms with Crippen molar-refractivity contribution in [1.29, 1.82) is 0 Å². The Bertz CT molecular complexity index is 286. The van der Waals surface area contributed by atoms with E-state index in [0.29, 0.717) is 18.3 Å². The lowest BCUT2D eigenvalue weighted by atomic mass is 10.1. The molecule has 2 unspecified atom stereocenters. The number of thiocarbonyl (C=S) groups is 1. The van der Waals surface area contributed by atoms with E-state index >= 15 is 0 Å². The fourth-order valence-corrected chi connectivity index (χ4v) is 2.48. The molecule has 1 heterocycles. The van der Waals surface area contributed by atoms with E-state index < -0.39 is 0 Å². The van der Waals surface area contributed by atoms with E-state index in [9.17, 15) is 5.11 Å². The van der Waals surface area contributed by atoms with Gasteiger partial charge in [0.05, 0.1) is 24.9 Å². The van der Waals surface area contributed by atoms with Crippen LogP contribution < -0.4 is 5.32 Å². The molecule has 1 saturated heterocycles. The molecule has 6 heteroatoms. The summed E-state index contributed by atoms with van der Waals surface area (Å²) in [5.74, 6) is 0. The van der Waals surface area contributed by atoms with Crippen molar-refractivity contribution in [3.63, 3.8) is 0 Å². The summed E-state index contributed by atoms with van der Waals surface area (Å²) >= 11 is 5.39. The SMILES string of the molecule is COCC(C)NC(=S)N1CC(CO)OC(C)(C)C1. The highest BCUT2D eigenvalue weighted by Crippen LogP contribution is 2.20. The van der Waals surface area contributed by atoms with Crippen LogP contribution in [0.2, 0.25) is 0 Å². The van der Waals surface area contributed by atoms with E-state index in [2.05, 4.69) is 5.32 Å².